The molecule has 0 radical (unpaired) electrons. The minimum atomic E-state index is -0.209. The van der Waals surface area contributed by atoms with Crippen LogP contribution >= 0.6 is 0 Å². The van der Waals surface area contributed by atoms with Gasteiger partial charge in [-0.05, 0) is 22.3 Å². The first-order valence-electron chi connectivity index (χ1n) is 8.24. The summed E-state index contributed by atoms with van der Waals surface area (Å²) in [6, 6.07) is 17.6. The molecule has 0 N–H and O–H groups in total. The van der Waals surface area contributed by atoms with Crippen LogP contribution in [0.3, 0.4) is 0 Å². The lowest BCUT2D eigenvalue weighted by molar-refractivity contribution is -0.197. The van der Waals surface area contributed by atoms with Gasteiger partial charge in [0, 0.05) is 37.9 Å². The van der Waals surface area contributed by atoms with E-state index in [4.69, 9.17) is 14.2 Å². The van der Waals surface area contributed by atoms with Gasteiger partial charge in [-0.3, -0.25) is 0 Å². The summed E-state index contributed by atoms with van der Waals surface area (Å²) in [5.74, 6) is 1.25. The zero-order chi connectivity index (χ0) is 15.6. The molecule has 2 aromatic rings. The van der Waals surface area contributed by atoms with E-state index in [-0.39, 0.29) is 12.6 Å². The Hall–Kier alpha value is -1.68. The van der Waals surface area contributed by atoms with Gasteiger partial charge in [-0.25, -0.2) is 0 Å². The highest BCUT2D eigenvalue weighted by Crippen LogP contribution is 2.63. The van der Waals surface area contributed by atoms with Gasteiger partial charge in [0.05, 0.1) is 0 Å². The molecule has 1 heterocycles. The van der Waals surface area contributed by atoms with Crippen LogP contribution < -0.4 is 0 Å². The van der Waals surface area contributed by atoms with Gasteiger partial charge in [0.2, 0.25) is 0 Å². The Morgan fingerprint density at radius 1 is 0.652 bits per heavy atom. The molecule has 4 unspecified atom stereocenters. The van der Waals surface area contributed by atoms with Crippen LogP contribution in [0.25, 0.3) is 0 Å². The molecule has 118 valence electrons. The first-order valence-corrected chi connectivity index (χ1v) is 8.24. The summed E-state index contributed by atoms with van der Waals surface area (Å²) in [6.07, 6.45) is -0.418. The zero-order valence-corrected chi connectivity index (χ0v) is 13.3. The van der Waals surface area contributed by atoms with Crippen molar-refractivity contribution in [3.63, 3.8) is 0 Å². The van der Waals surface area contributed by atoms with E-state index in [1.807, 2.05) is 0 Å². The summed E-state index contributed by atoms with van der Waals surface area (Å²) in [4.78, 5) is 0. The van der Waals surface area contributed by atoms with Crippen LogP contribution in [0.15, 0.2) is 48.5 Å². The highest BCUT2D eigenvalue weighted by Gasteiger charge is 2.59. The molecule has 4 aliphatic rings. The lowest BCUT2D eigenvalue weighted by atomic mass is 9.54. The number of ether oxygens (including phenoxy) is 3. The number of hydrogen-bond donors (Lipinski definition) is 0. The molecule has 4 atom stereocenters. The van der Waals surface area contributed by atoms with Crippen molar-refractivity contribution in [1.82, 2.24) is 0 Å². The van der Waals surface area contributed by atoms with Crippen molar-refractivity contribution in [2.45, 2.75) is 24.4 Å². The van der Waals surface area contributed by atoms with E-state index >= 15 is 0 Å². The summed E-state index contributed by atoms with van der Waals surface area (Å²) in [6.45, 7) is 0. The Bertz CT molecular complexity index is 647. The first kappa shape index (κ1) is 13.7. The Morgan fingerprint density at radius 2 is 1.00 bits per heavy atom. The Labute approximate surface area is 136 Å². The summed E-state index contributed by atoms with van der Waals surface area (Å²) in [5.41, 5.74) is 5.72. The standard InChI is InChI=1S/C20H20O3/c1-21-19-17-15-11-7-3-5-9-13(11)16(18(17)20(22-2)23-19)14-10-6-4-8-12(14)15/h3-10,15-20H,1-2H3. The van der Waals surface area contributed by atoms with Gasteiger partial charge in [-0.15, -0.1) is 0 Å². The number of rotatable bonds is 2. The average Bonchev–Trinajstić information content (AvgIpc) is 3.00. The molecule has 3 nitrogen and oxygen atoms in total. The molecule has 3 heteroatoms. The molecular weight excluding hydrogens is 288 g/mol. The molecule has 0 spiro atoms. The Morgan fingerprint density at radius 3 is 1.30 bits per heavy atom. The molecule has 1 aliphatic heterocycles. The second kappa shape index (κ2) is 4.91. The van der Waals surface area contributed by atoms with Crippen molar-refractivity contribution < 1.29 is 14.2 Å². The second-order valence-electron chi connectivity index (χ2n) is 6.71. The van der Waals surface area contributed by atoms with Gasteiger partial charge in [0.15, 0.2) is 12.6 Å². The first-order chi connectivity index (χ1) is 11.3. The maximum atomic E-state index is 6.11. The van der Waals surface area contributed by atoms with Crippen LogP contribution in [-0.2, 0) is 14.2 Å². The van der Waals surface area contributed by atoms with Crippen LogP contribution in [0.2, 0.25) is 0 Å². The van der Waals surface area contributed by atoms with Crippen LogP contribution in [0.1, 0.15) is 34.1 Å². The van der Waals surface area contributed by atoms with Crippen molar-refractivity contribution in [3.8, 4) is 0 Å². The smallest absolute Gasteiger partial charge is 0.164 e. The van der Waals surface area contributed by atoms with Gasteiger partial charge in [0.25, 0.3) is 0 Å². The maximum Gasteiger partial charge on any atom is 0.164 e. The van der Waals surface area contributed by atoms with E-state index in [2.05, 4.69) is 48.5 Å². The molecule has 0 saturated carbocycles. The molecule has 1 fully saturated rings. The molecule has 2 bridgehead atoms. The number of methoxy groups -OCH3 is 2. The average molecular weight is 308 g/mol. The Kier molecular flexibility index (Phi) is 2.93. The molecule has 0 aromatic heterocycles. The van der Waals surface area contributed by atoms with E-state index in [1.54, 1.807) is 14.2 Å². The second-order valence-corrected chi connectivity index (χ2v) is 6.71. The van der Waals surface area contributed by atoms with Crippen LogP contribution in [0.4, 0.5) is 0 Å². The third-order valence-electron chi connectivity index (χ3n) is 5.91. The van der Waals surface area contributed by atoms with E-state index in [9.17, 15) is 0 Å². The monoisotopic (exact) mass is 308 g/mol. The van der Waals surface area contributed by atoms with Crippen LogP contribution in [0.5, 0.6) is 0 Å². The molecule has 2 aromatic carbocycles. The fourth-order valence-corrected chi connectivity index (χ4v) is 5.18. The topological polar surface area (TPSA) is 27.7 Å². The van der Waals surface area contributed by atoms with Gasteiger partial charge >= 0.3 is 0 Å². The number of hydrogen-bond acceptors (Lipinski definition) is 3. The van der Waals surface area contributed by atoms with E-state index in [1.165, 1.54) is 22.3 Å². The summed E-state index contributed by atoms with van der Waals surface area (Å²) in [7, 11) is 3.47. The molecular formula is C20H20O3. The quantitative estimate of drug-likeness (QED) is 0.850. The highest BCUT2D eigenvalue weighted by molar-refractivity contribution is 5.57. The van der Waals surface area contributed by atoms with Crippen molar-refractivity contribution in [1.29, 1.82) is 0 Å². The van der Waals surface area contributed by atoms with Gasteiger partial charge in [-0.1, -0.05) is 48.5 Å². The SMILES string of the molecule is COC1OC(OC)C2C3c4ccccc4C(c4ccccc43)C12. The van der Waals surface area contributed by atoms with Gasteiger partial charge < -0.3 is 14.2 Å². The van der Waals surface area contributed by atoms with Crippen molar-refractivity contribution >= 4 is 0 Å². The third-order valence-corrected chi connectivity index (χ3v) is 5.91. The van der Waals surface area contributed by atoms with E-state index < -0.39 is 0 Å². The fourth-order valence-electron chi connectivity index (χ4n) is 5.18. The molecule has 1 saturated heterocycles. The van der Waals surface area contributed by atoms with Crippen molar-refractivity contribution in [2.75, 3.05) is 14.2 Å². The van der Waals surface area contributed by atoms with E-state index in [0.29, 0.717) is 23.7 Å². The summed E-state index contributed by atoms with van der Waals surface area (Å²) < 4.78 is 17.5. The predicted octanol–water partition coefficient (Wildman–Crippen LogP) is 3.49. The molecule has 23 heavy (non-hydrogen) atoms. The van der Waals surface area contributed by atoms with Crippen LogP contribution in [0, 0.1) is 11.8 Å². The van der Waals surface area contributed by atoms with Crippen LogP contribution in [-0.4, -0.2) is 26.8 Å². The van der Waals surface area contributed by atoms with E-state index in [0.717, 1.165) is 0 Å². The minimum absolute atomic E-state index is 0.209. The summed E-state index contributed by atoms with van der Waals surface area (Å²) in [5, 5.41) is 0. The van der Waals surface area contributed by atoms with Gasteiger partial charge in [0.1, 0.15) is 0 Å². The summed E-state index contributed by atoms with van der Waals surface area (Å²) >= 11 is 0. The third kappa shape index (κ3) is 1.65. The largest absolute Gasteiger partial charge is 0.355 e. The molecule has 6 rings (SSSR count). The highest BCUT2D eigenvalue weighted by atomic mass is 16.8. The minimum Gasteiger partial charge on any atom is -0.355 e. The van der Waals surface area contributed by atoms with Crippen molar-refractivity contribution in [3.05, 3.63) is 70.8 Å². The zero-order valence-electron chi connectivity index (χ0n) is 13.3. The lowest BCUT2D eigenvalue weighted by Gasteiger charge is -2.48. The Balaban J connectivity index is 1.78. The maximum absolute atomic E-state index is 6.11. The number of benzene rings is 2. The fraction of sp³-hybridized carbons (Fsp3) is 0.400. The van der Waals surface area contributed by atoms with Crippen molar-refractivity contribution in [2.24, 2.45) is 11.8 Å². The van der Waals surface area contributed by atoms with Gasteiger partial charge in [-0.2, -0.15) is 0 Å². The predicted molar refractivity (Wildman–Crippen MR) is 86.2 cm³/mol. The molecule has 0 amide bonds. The normalized spacial score (nSPS) is 36.4. The lowest BCUT2D eigenvalue weighted by Crippen LogP contribution is -2.43. The molecule has 3 aliphatic carbocycles.